The van der Waals surface area contributed by atoms with Gasteiger partial charge in [-0.15, -0.1) is 0 Å². The van der Waals surface area contributed by atoms with Gasteiger partial charge in [0.2, 0.25) is 0 Å². The maximum atomic E-state index is 15.3. The van der Waals surface area contributed by atoms with Gasteiger partial charge in [-0.2, -0.15) is 0 Å². The second-order valence-corrected chi connectivity index (χ2v) is 20.6. The fraction of sp³-hybridized carbons (Fsp3) is 0.667. The summed E-state index contributed by atoms with van der Waals surface area (Å²) >= 11 is 0. The molecule has 0 heterocycles. The standard InChI is InChI=1S/C18H33F4NOSi3/c1-16(2,3)26(17(4,5)6,24-27(21,22)18(7,8)9)23-25(19,20)15-13-11-10-12-14-15/h10-14,23H,1-9H3. The van der Waals surface area contributed by atoms with Crippen LogP contribution in [-0.4, -0.2) is 26.4 Å². The Morgan fingerprint density at radius 2 is 1.11 bits per heavy atom. The van der Waals surface area contributed by atoms with Gasteiger partial charge in [-0.05, 0) is 10.1 Å². The van der Waals surface area contributed by atoms with E-state index >= 15 is 16.4 Å². The summed E-state index contributed by atoms with van der Waals surface area (Å²) in [6, 6.07) is 7.43. The zero-order valence-corrected chi connectivity index (χ0v) is 20.8. The van der Waals surface area contributed by atoms with E-state index in [0.717, 1.165) is 0 Å². The summed E-state index contributed by atoms with van der Waals surface area (Å²) in [5.41, 5.74) is 0. The fourth-order valence-corrected chi connectivity index (χ4v) is 17.2. The van der Waals surface area contributed by atoms with E-state index in [1.54, 1.807) is 47.6 Å². The van der Waals surface area contributed by atoms with Crippen molar-refractivity contribution in [3.8, 4) is 0 Å². The number of halogens is 4. The van der Waals surface area contributed by atoms with Crippen LogP contribution < -0.4 is 9.83 Å². The average molecular weight is 440 g/mol. The lowest BCUT2D eigenvalue weighted by molar-refractivity contribution is 0.279. The van der Waals surface area contributed by atoms with Gasteiger partial charge in [0.15, 0.2) is 0 Å². The highest BCUT2D eigenvalue weighted by Crippen LogP contribution is 2.54. The number of hydrogen-bond acceptors (Lipinski definition) is 2. The molecular weight excluding hydrogens is 406 g/mol. The van der Waals surface area contributed by atoms with Gasteiger partial charge in [0.25, 0.3) is 8.48 Å². The van der Waals surface area contributed by atoms with Crippen molar-refractivity contribution in [3.63, 3.8) is 0 Å². The second kappa shape index (κ2) is 7.40. The normalized spacial score (nSPS) is 15.1. The predicted octanol–water partition coefficient (Wildman–Crippen LogP) is 6.10. The van der Waals surface area contributed by atoms with Crippen LogP contribution in [0.3, 0.4) is 0 Å². The molecule has 0 aliphatic heterocycles. The molecule has 27 heavy (non-hydrogen) atoms. The minimum atomic E-state index is -5.27. The van der Waals surface area contributed by atoms with Crippen molar-refractivity contribution in [1.29, 1.82) is 0 Å². The summed E-state index contributed by atoms with van der Waals surface area (Å²) in [6.07, 6.45) is 0. The van der Waals surface area contributed by atoms with E-state index in [2.05, 4.69) is 4.65 Å². The maximum absolute atomic E-state index is 15.3. The molecule has 0 unspecified atom stereocenters. The predicted molar refractivity (Wildman–Crippen MR) is 111 cm³/mol. The molecule has 0 saturated heterocycles. The first-order valence-electron chi connectivity index (χ1n) is 9.07. The molecule has 156 valence electrons. The Balaban J connectivity index is 3.60. The van der Waals surface area contributed by atoms with Crippen LogP contribution in [0.25, 0.3) is 0 Å². The van der Waals surface area contributed by atoms with Gasteiger partial charge in [0, 0.05) is 10.2 Å². The van der Waals surface area contributed by atoms with Gasteiger partial charge in [-0.3, -0.25) is 4.65 Å². The van der Waals surface area contributed by atoms with Crippen LogP contribution in [0.5, 0.6) is 0 Å². The van der Waals surface area contributed by atoms with Crippen molar-refractivity contribution in [2.45, 2.75) is 77.4 Å². The Morgan fingerprint density at radius 3 is 1.44 bits per heavy atom. The van der Waals surface area contributed by atoms with Crippen LogP contribution in [0.2, 0.25) is 15.1 Å². The van der Waals surface area contributed by atoms with Gasteiger partial charge in [0.1, 0.15) is 0 Å². The van der Waals surface area contributed by atoms with Gasteiger partial charge in [-0.25, -0.2) is 16.4 Å². The highest BCUT2D eigenvalue weighted by atomic mass is 28.5. The molecule has 0 aliphatic carbocycles. The lowest BCUT2D eigenvalue weighted by Gasteiger charge is -2.53. The van der Waals surface area contributed by atoms with Gasteiger partial charge < -0.3 is 4.12 Å². The summed E-state index contributed by atoms with van der Waals surface area (Å²) in [4.78, 5) is 0. The van der Waals surface area contributed by atoms with E-state index in [0.29, 0.717) is 0 Å². The lowest BCUT2D eigenvalue weighted by atomic mass is 10.2. The van der Waals surface area contributed by atoms with Crippen molar-refractivity contribution in [2.24, 2.45) is 0 Å². The van der Waals surface area contributed by atoms with E-state index in [1.807, 2.05) is 0 Å². The summed E-state index contributed by atoms with van der Waals surface area (Å²) in [7, 11) is -14.4. The molecule has 0 saturated carbocycles. The quantitative estimate of drug-likeness (QED) is 0.340. The fourth-order valence-electron chi connectivity index (χ4n) is 3.12. The second-order valence-electron chi connectivity index (χ2n) is 10.1. The number of rotatable bonds is 5. The molecule has 2 nitrogen and oxygen atoms in total. The van der Waals surface area contributed by atoms with Crippen molar-refractivity contribution in [1.82, 2.24) is 4.65 Å². The van der Waals surface area contributed by atoms with Gasteiger partial charge in [0.05, 0.1) is 0 Å². The Labute approximate surface area is 164 Å². The lowest BCUT2D eigenvalue weighted by Crippen LogP contribution is -2.76. The van der Waals surface area contributed by atoms with Crippen LogP contribution >= 0.6 is 0 Å². The first-order chi connectivity index (χ1) is 11.8. The van der Waals surface area contributed by atoms with E-state index < -0.39 is 41.5 Å². The van der Waals surface area contributed by atoms with Crippen molar-refractivity contribution in [3.05, 3.63) is 30.3 Å². The monoisotopic (exact) mass is 439 g/mol. The average Bonchev–Trinajstić information content (AvgIpc) is 2.43. The first-order valence-corrected chi connectivity index (χ1v) is 14.4. The number of benzene rings is 1. The zero-order chi connectivity index (χ0) is 21.5. The maximum Gasteiger partial charge on any atom is 0.573 e. The molecule has 0 fully saturated rings. The smallest absolute Gasteiger partial charge is 0.396 e. The SMILES string of the molecule is CC(C)(C)[Si](F)(F)O[Si](N[Si](F)(F)c1ccccc1)(C(C)(C)C)C(C)(C)C. The third-order valence-electron chi connectivity index (χ3n) is 4.74. The molecule has 1 aromatic rings. The Bertz CT molecular complexity index is 621. The molecule has 0 amide bonds. The van der Waals surface area contributed by atoms with E-state index in [1.165, 1.54) is 45.0 Å². The minimum absolute atomic E-state index is 0.125. The summed E-state index contributed by atoms with van der Waals surface area (Å²) < 4.78 is 69.1. The number of hydrogen-bond donors (Lipinski definition) is 1. The molecule has 1 rings (SSSR count). The minimum Gasteiger partial charge on any atom is -0.396 e. The van der Waals surface area contributed by atoms with Crippen molar-refractivity contribution in [2.75, 3.05) is 0 Å². The molecule has 0 aromatic heterocycles. The van der Waals surface area contributed by atoms with E-state index in [9.17, 15) is 0 Å². The molecule has 0 atom stereocenters. The molecule has 0 bridgehead atoms. The topological polar surface area (TPSA) is 21.3 Å². The van der Waals surface area contributed by atoms with Crippen molar-refractivity contribution >= 4 is 31.6 Å². The summed E-state index contributed by atoms with van der Waals surface area (Å²) in [6.45, 7) is 14.6. The molecule has 1 aromatic carbocycles. The van der Waals surface area contributed by atoms with Crippen LogP contribution in [-0.2, 0) is 4.12 Å². The molecular formula is C18H33F4NOSi3. The zero-order valence-electron chi connectivity index (χ0n) is 17.8. The van der Waals surface area contributed by atoms with E-state index in [4.69, 9.17) is 4.12 Å². The third-order valence-corrected chi connectivity index (χ3v) is 16.7. The Hall–Kier alpha value is -0.489. The molecule has 0 aliphatic rings. The largest absolute Gasteiger partial charge is 0.573 e. The molecule has 0 spiro atoms. The van der Waals surface area contributed by atoms with Crippen LogP contribution in [0.4, 0.5) is 16.4 Å². The van der Waals surface area contributed by atoms with Crippen LogP contribution in [0.1, 0.15) is 62.3 Å². The molecule has 1 N–H and O–H groups in total. The Kier molecular flexibility index (Phi) is 6.73. The van der Waals surface area contributed by atoms with Crippen LogP contribution in [0.15, 0.2) is 30.3 Å². The van der Waals surface area contributed by atoms with Crippen LogP contribution in [0, 0.1) is 0 Å². The van der Waals surface area contributed by atoms with Gasteiger partial charge in [-0.1, -0.05) is 92.6 Å². The van der Waals surface area contributed by atoms with Gasteiger partial charge >= 0.3 is 17.9 Å². The summed E-state index contributed by atoms with van der Waals surface area (Å²) in [5.74, 6) is 0. The highest BCUT2D eigenvalue weighted by Gasteiger charge is 2.67. The first kappa shape index (κ1) is 24.5. The molecule has 0 radical (unpaired) electrons. The summed E-state index contributed by atoms with van der Waals surface area (Å²) in [5, 5.41) is -3.26. The molecule has 9 heteroatoms. The highest BCUT2D eigenvalue weighted by molar-refractivity contribution is 6.95. The Morgan fingerprint density at radius 1 is 0.704 bits per heavy atom. The van der Waals surface area contributed by atoms with E-state index in [-0.39, 0.29) is 5.19 Å². The number of nitrogens with one attached hydrogen (secondary N) is 1. The van der Waals surface area contributed by atoms with Crippen molar-refractivity contribution < 1.29 is 20.5 Å². The third kappa shape index (κ3) is 5.11.